The molecule has 1 amide bonds. The molecule has 1 fully saturated rings. The molecule has 1 heterocycles. The fourth-order valence-electron chi connectivity index (χ4n) is 1.16. The van der Waals surface area contributed by atoms with Crippen molar-refractivity contribution in [3.63, 3.8) is 0 Å². The number of hydrogen-bond acceptors (Lipinski definition) is 3. The topological polar surface area (TPSA) is 52.6 Å². The van der Waals surface area contributed by atoms with Crippen molar-refractivity contribution in [2.45, 2.75) is 19.1 Å². The fraction of sp³-hybridized carbons (Fsp3) is 0.714. The molecule has 1 aliphatic heterocycles. The van der Waals surface area contributed by atoms with Crippen LogP contribution in [-0.4, -0.2) is 46.4 Å². The minimum Gasteiger partial charge on any atom is -0.391 e. The molecule has 74 valence electrons. The van der Waals surface area contributed by atoms with Crippen molar-refractivity contribution >= 4 is 23.2 Å². The summed E-state index contributed by atoms with van der Waals surface area (Å²) in [6.45, 7) is 0.797. The number of alkyl halides is 1. The Balaban J connectivity index is 2.69. The number of aliphatic hydroxyl groups is 1. The van der Waals surface area contributed by atoms with Gasteiger partial charge < -0.3 is 10.4 Å². The zero-order valence-electron chi connectivity index (χ0n) is 7.16. The van der Waals surface area contributed by atoms with Crippen LogP contribution in [0.5, 0.6) is 0 Å². The number of aliphatic hydroxyl groups excluding tert-OH is 1. The van der Waals surface area contributed by atoms with Gasteiger partial charge in [-0.2, -0.15) is 0 Å². The molecule has 0 saturated carbocycles. The maximum Gasteiger partial charge on any atom is 0.254 e. The monoisotopic (exact) mass is 206 g/mol. The highest BCUT2D eigenvalue weighted by Crippen LogP contribution is 2.09. The Labute approximate surface area is 80.7 Å². The van der Waals surface area contributed by atoms with Crippen LogP contribution >= 0.6 is 12.2 Å². The minimum atomic E-state index is -0.824. The summed E-state index contributed by atoms with van der Waals surface area (Å²) in [7, 11) is 0. The summed E-state index contributed by atoms with van der Waals surface area (Å²) >= 11 is 4.80. The van der Waals surface area contributed by atoms with Gasteiger partial charge in [0.15, 0.2) is 5.11 Å². The second-order valence-electron chi connectivity index (χ2n) is 2.85. The van der Waals surface area contributed by atoms with Gasteiger partial charge in [0.25, 0.3) is 5.91 Å². The third-order valence-corrected chi connectivity index (χ3v) is 2.18. The molecule has 13 heavy (non-hydrogen) atoms. The van der Waals surface area contributed by atoms with Gasteiger partial charge in [0.05, 0.1) is 12.6 Å². The molecule has 2 N–H and O–H groups in total. The molecule has 0 unspecified atom stereocenters. The van der Waals surface area contributed by atoms with Crippen LogP contribution in [-0.2, 0) is 4.79 Å². The second-order valence-corrected chi connectivity index (χ2v) is 3.23. The number of nitrogens with one attached hydrogen (secondary N) is 1. The van der Waals surface area contributed by atoms with E-state index in [0.29, 0.717) is 0 Å². The largest absolute Gasteiger partial charge is 0.391 e. The summed E-state index contributed by atoms with van der Waals surface area (Å²) < 4.78 is 12.0. The predicted molar refractivity (Wildman–Crippen MR) is 48.9 cm³/mol. The smallest absolute Gasteiger partial charge is 0.254 e. The van der Waals surface area contributed by atoms with Crippen molar-refractivity contribution in [3.05, 3.63) is 0 Å². The van der Waals surface area contributed by atoms with Crippen molar-refractivity contribution < 1.29 is 14.3 Å². The number of carbonyl (C=O) groups excluding carboxylic acids is 1. The van der Waals surface area contributed by atoms with Crippen LogP contribution < -0.4 is 5.32 Å². The molecule has 0 radical (unpaired) electrons. The first kappa shape index (κ1) is 10.3. The number of halogens is 1. The first-order chi connectivity index (χ1) is 6.07. The number of rotatable bonds is 3. The highest BCUT2D eigenvalue weighted by Gasteiger charge is 2.37. The first-order valence-corrected chi connectivity index (χ1v) is 4.34. The van der Waals surface area contributed by atoms with E-state index in [4.69, 9.17) is 17.3 Å². The predicted octanol–water partition coefficient (Wildman–Crippen LogP) is -0.578. The molecular weight excluding hydrogens is 195 g/mol. The van der Waals surface area contributed by atoms with Gasteiger partial charge in [0.2, 0.25) is 0 Å². The zero-order chi connectivity index (χ0) is 10.0. The van der Waals surface area contributed by atoms with E-state index >= 15 is 0 Å². The van der Waals surface area contributed by atoms with Gasteiger partial charge in [-0.15, -0.1) is 0 Å². The van der Waals surface area contributed by atoms with Gasteiger partial charge in [-0.25, -0.2) is 4.39 Å². The van der Waals surface area contributed by atoms with Gasteiger partial charge in [-0.05, 0) is 19.1 Å². The van der Waals surface area contributed by atoms with E-state index in [2.05, 4.69) is 5.32 Å². The second kappa shape index (κ2) is 3.97. The maximum atomic E-state index is 12.0. The molecule has 6 heteroatoms. The fourth-order valence-corrected chi connectivity index (χ4v) is 1.47. The van der Waals surface area contributed by atoms with E-state index in [1.807, 2.05) is 0 Å². The summed E-state index contributed by atoms with van der Waals surface area (Å²) in [5.41, 5.74) is 0. The van der Waals surface area contributed by atoms with E-state index in [9.17, 15) is 9.18 Å². The Morgan fingerprint density at radius 2 is 2.46 bits per heavy atom. The molecule has 0 aromatic rings. The Kier molecular flexibility index (Phi) is 3.16. The van der Waals surface area contributed by atoms with E-state index < -0.39 is 18.8 Å². The van der Waals surface area contributed by atoms with Crippen molar-refractivity contribution in [1.29, 1.82) is 0 Å². The van der Waals surface area contributed by atoms with Crippen LogP contribution in [0.15, 0.2) is 0 Å². The van der Waals surface area contributed by atoms with Gasteiger partial charge >= 0.3 is 0 Å². The van der Waals surface area contributed by atoms with Crippen LogP contribution in [0.2, 0.25) is 0 Å². The number of carbonyl (C=O) groups is 1. The summed E-state index contributed by atoms with van der Waals surface area (Å²) in [5.74, 6) is -0.363. The molecule has 0 spiro atoms. The maximum absolute atomic E-state index is 12.0. The lowest BCUT2D eigenvalue weighted by Gasteiger charge is -2.12. The Hall–Kier alpha value is -0.750. The third kappa shape index (κ3) is 1.94. The molecule has 4 nitrogen and oxygen atoms in total. The Morgan fingerprint density at radius 3 is 2.85 bits per heavy atom. The van der Waals surface area contributed by atoms with Crippen LogP contribution in [0, 0.1) is 0 Å². The molecule has 0 aromatic carbocycles. The lowest BCUT2D eigenvalue weighted by molar-refractivity contribution is -0.129. The first-order valence-electron chi connectivity index (χ1n) is 3.94. The Morgan fingerprint density at radius 1 is 1.85 bits per heavy atom. The summed E-state index contributed by atoms with van der Waals surface area (Å²) in [6.07, 6.45) is -0.824. The van der Waals surface area contributed by atoms with Crippen molar-refractivity contribution in [2.75, 3.05) is 13.2 Å². The van der Waals surface area contributed by atoms with E-state index in [1.165, 1.54) is 6.92 Å². The molecule has 1 saturated heterocycles. The molecule has 0 aliphatic carbocycles. The van der Waals surface area contributed by atoms with Gasteiger partial charge in [-0.3, -0.25) is 9.69 Å². The zero-order valence-corrected chi connectivity index (χ0v) is 7.97. The highest BCUT2D eigenvalue weighted by molar-refractivity contribution is 7.80. The van der Waals surface area contributed by atoms with Crippen molar-refractivity contribution in [2.24, 2.45) is 0 Å². The molecule has 0 bridgehead atoms. The number of nitrogens with zero attached hydrogens (tertiary/aromatic N) is 1. The molecule has 0 aromatic heterocycles. The standard InChI is InChI=1S/C7H11FN2O2S/c1-4(11)5-6(12)10(3-2-8)7(13)9-5/h4-5,11H,2-3H2,1H3,(H,9,13)/t4-,5+/m0/s1. The SMILES string of the molecule is C[C@H](O)[C@H]1NC(=S)N(CCF)C1=O. The Bertz CT molecular complexity index is 235. The molecule has 1 aliphatic rings. The number of hydrogen-bond donors (Lipinski definition) is 2. The van der Waals surface area contributed by atoms with Gasteiger partial charge in [0.1, 0.15) is 12.7 Å². The summed E-state index contributed by atoms with van der Waals surface area (Å²) in [5, 5.41) is 12.0. The average Bonchev–Trinajstić information content (AvgIpc) is 2.32. The van der Waals surface area contributed by atoms with E-state index in [1.54, 1.807) is 0 Å². The summed E-state index contributed by atoms with van der Waals surface area (Å²) in [6, 6.07) is -0.723. The van der Waals surface area contributed by atoms with Crippen LogP contribution in [0.3, 0.4) is 0 Å². The van der Waals surface area contributed by atoms with Crippen LogP contribution in [0.1, 0.15) is 6.92 Å². The normalized spacial score (nSPS) is 24.8. The van der Waals surface area contributed by atoms with E-state index in [0.717, 1.165) is 4.90 Å². The average molecular weight is 206 g/mol. The lowest BCUT2D eigenvalue weighted by atomic mass is 10.2. The van der Waals surface area contributed by atoms with Crippen LogP contribution in [0.4, 0.5) is 4.39 Å². The highest BCUT2D eigenvalue weighted by atomic mass is 32.1. The molecule has 1 rings (SSSR count). The number of thiocarbonyl (C=S) groups is 1. The third-order valence-electron chi connectivity index (χ3n) is 1.85. The van der Waals surface area contributed by atoms with Gasteiger partial charge in [-0.1, -0.05) is 0 Å². The van der Waals surface area contributed by atoms with Crippen molar-refractivity contribution in [3.8, 4) is 0 Å². The minimum absolute atomic E-state index is 0.0477. The summed E-state index contributed by atoms with van der Waals surface area (Å²) in [4.78, 5) is 12.5. The lowest BCUT2D eigenvalue weighted by Crippen LogP contribution is -2.39. The molecular formula is C7H11FN2O2S. The molecule has 2 atom stereocenters. The number of amides is 1. The van der Waals surface area contributed by atoms with Gasteiger partial charge in [0, 0.05) is 0 Å². The van der Waals surface area contributed by atoms with Crippen molar-refractivity contribution in [1.82, 2.24) is 10.2 Å². The van der Waals surface area contributed by atoms with Crippen LogP contribution in [0.25, 0.3) is 0 Å². The quantitative estimate of drug-likeness (QED) is 0.607. The van der Waals surface area contributed by atoms with E-state index in [-0.39, 0.29) is 17.6 Å².